The van der Waals surface area contributed by atoms with Gasteiger partial charge in [-0.25, -0.2) is 4.98 Å². The average Bonchev–Trinajstić information content (AvgIpc) is 3.64. The highest BCUT2D eigenvalue weighted by Gasteiger charge is 2.52. The van der Waals surface area contributed by atoms with Crippen LogP contribution < -0.4 is 5.32 Å². The van der Waals surface area contributed by atoms with E-state index in [4.69, 9.17) is 0 Å². The normalized spacial score (nSPS) is 24.8. The number of amides is 2. The molecule has 1 N–H and O–H groups in total. The number of nitrogens with zero attached hydrogens (tertiary/aromatic N) is 3. The van der Waals surface area contributed by atoms with E-state index in [0.29, 0.717) is 18.9 Å². The first-order valence-electron chi connectivity index (χ1n) is 18.4. The second kappa shape index (κ2) is 15.5. The van der Waals surface area contributed by atoms with E-state index >= 15 is 0 Å². The Bertz CT molecular complexity index is 1360. The van der Waals surface area contributed by atoms with Gasteiger partial charge in [-0.3, -0.25) is 33.8 Å². The second-order valence-electron chi connectivity index (χ2n) is 16.0. The Morgan fingerprint density at radius 2 is 1.65 bits per heavy atom. The summed E-state index contributed by atoms with van der Waals surface area (Å²) in [4.78, 5) is 91.8. The van der Waals surface area contributed by atoms with Crippen molar-refractivity contribution >= 4 is 34.9 Å². The molecule has 3 saturated carbocycles. The van der Waals surface area contributed by atoms with Crippen molar-refractivity contribution in [1.82, 2.24) is 20.2 Å². The lowest BCUT2D eigenvalue weighted by atomic mass is 9.76. The molecule has 0 spiro atoms. The minimum Gasteiger partial charge on any atom is -0.344 e. The van der Waals surface area contributed by atoms with Gasteiger partial charge in [0.25, 0.3) is 0 Å². The number of likely N-dealkylation sites (tertiary alicyclic amines) is 1. The molecule has 0 bridgehead atoms. The van der Waals surface area contributed by atoms with Gasteiger partial charge in [-0.05, 0) is 74.0 Å². The number of carbonyl (C=O) groups is 6. The number of rotatable bonds is 15. The maximum Gasteiger partial charge on any atom is 0.246 e. The molecule has 2 heterocycles. The molecule has 1 aliphatic heterocycles. The smallest absolute Gasteiger partial charge is 0.246 e. The molecule has 262 valence electrons. The summed E-state index contributed by atoms with van der Waals surface area (Å²) in [5.41, 5.74) is -0.459. The van der Waals surface area contributed by atoms with Crippen LogP contribution in [0.5, 0.6) is 0 Å². The summed E-state index contributed by atoms with van der Waals surface area (Å²) in [7, 11) is 0. The molecule has 4 fully saturated rings. The van der Waals surface area contributed by atoms with Crippen molar-refractivity contribution in [1.29, 1.82) is 0 Å². The number of aromatic nitrogens is 2. The summed E-state index contributed by atoms with van der Waals surface area (Å²) in [6.07, 6.45) is 14.4. The molecule has 1 aromatic heterocycles. The van der Waals surface area contributed by atoms with Crippen molar-refractivity contribution in [3.05, 3.63) is 24.3 Å². The van der Waals surface area contributed by atoms with Crippen molar-refractivity contribution in [2.75, 3.05) is 6.54 Å². The van der Waals surface area contributed by atoms with Gasteiger partial charge in [0, 0.05) is 50.0 Å². The lowest BCUT2D eigenvalue weighted by molar-refractivity contribution is -0.146. The third-order valence-electron chi connectivity index (χ3n) is 11.5. The number of fused-ring (bicyclic) bond motifs is 1. The van der Waals surface area contributed by atoms with E-state index in [2.05, 4.69) is 15.3 Å². The van der Waals surface area contributed by atoms with Crippen molar-refractivity contribution in [2.24, 2.45) is 40.9 Å². The summed E-state index contributed by atoms with van der Waals surface area (Å²) in [6.45, 7) is 7.98. The van der Waals surface area contributed by atoms with Gasteiger partial charge in [0.05, 0.1) is 12.2 Å². The van der Waals surface area contributed by atoms with Gasteiger partial charge < -0.3 is 10.2 Å². The number of ketones is 4. The monoisotopic (exact) mass is 662 g/mol. The number of carbonyl (C=O) groups excluding carboxylic acids is 6. The van der Waals surface area contributed by atoms with Gasteiger partial charge in [-0.2, -0.15) is 0 Å². The molecule has 1 saturated heterocycles. The molecule has 0 radical (unpaired) electrons. The highest BCUT2D eigenvalue weighted by molar-refractivity contribution is 6.38. The Morgan fingerprint density at radius 1 is 0.917 bits per heavy atom. The van der Waals surface area contributed by atoms with Gasteiger partial charge in [-0.1, -0.05) is 53.4 Å². The number of hydrogen-bond donors (Lipinski definition) is 1. The molecule has 4 aliphatic rings. The summed E-state index contributed by atoms with van der Waals surface area (Å²) < 4.78 is 0. The van der Waals surface area contributed by atoms with Gasteiger partial charge in [0.2, 0.25) is 17.6 Å². The van der Waals surface area contributed by atoms with Crippen LogP contribution >= 0.6 is 0 Å². The van der Waals surface area contributed by atoms with Crippen LogP contribution in [0.4, 0.5) is 0 Å². The first-order valence-corrected chi connectivity index (χ1v) is 18.4. The minimum absolute atomic E-state index is 0.00661. The van der Waals surface area contributed by atoms with E-state index in [0.717, 1.165) is 64.2 Å². The predicted octanol–water partition coefficient (Wildman–Crippen LogP) is 5.33. The van der Waals surface area contributed by atoms with Crippen LogP contribution in [0.3, 0.4) is 0 Å². The Hall–Kier alpha value is -3.30. The topological polar surface area (TPSA) is 143 Å². The van der Waals surface area contributed by atoms with Crippen LogP contribution in [0.25, 0.3) is 0 Å². The van der Waals surface area contributed by atoms with Crippen molar-refractivity contribution in [2.45, 2.75) is 130 Å². The molecule has 6 atom stereocenters. The Kier molecular flexibility index (Phi) is 11.6. The van der Waals surface area contributed by atoms with Gasteiger partial charge in [-0.15, -0.1) is 0 Å². The molecule has 3 aliphatic carbocycles. The first-order chi connectivity index (χ1) is 22.9. The van der Waals surface area contributed by atoms with Crippen molar-refractivity contribution in [3.63, 3.8) is 0 Å². The Labute approximate surface area is 285 Å². The Balaban J connectivity index is 1.35. The lowest BCUT2D eigenvalue weighted by Gasteiger charge is -2.38. The number of hydrogen-bond acceptors (Lipinski definition) is 8. The van der Waals surface area contributed by atoms with E-state index in [1.807, 2.05) is 27.7 Å². The zero-order valence-corrected chi connectivity index (χ0v) is 29.2. The van der Waals surface area contributed by atoms with Crippen LogP contribution in [0, 0.1) is 40.9 Å². The molecule has 1 unspecified atom stereocenters. The van der Waals surface area contributed by atoms with Crippen LogP contribution in [0.15, 0.2) is 18.6 Å². The largest absolute Gasteiger partial charge is 0.344 e. The highest BCUT2D eigenvalue weighted by Crippen LogP contribution is 2.44. The molecule has 5 rings (SSSR count). The zero-order chi connectivity index (χ0) is 34.6. The van der Waals surface area contributed by atoms with Gasteiger partial charge >= 0.3 is 0 Å². The summed E-state index contributed by atoms with van der Waals surface area (Å²) in [5, 5.41) is 3.09. The quantitative estimate of drug-likeness (QED) is 0.196. The van der Waals surface area contributed by atoms with E-state index in [9.17, 15) is 28.8 Å². The van der Waals surface area contributed by atoms with Crippen LogP contribution in [-0.2, 0) is 24.0 Å². The fourth-order valence-corrected chi connectivity index (χ4v) is 8.46. The van der Waals surface area contributed by atoms with Crippen LogP contribution in [0.2, 0.25) is 0 Å². The molecule has 10 nitrogen and oxygen atoms in total. The van der Waals surface area contributed by atoms with E-state index in [1.165, 1.54) is 18.6 Å². The third kappa shape index (κ3) is 8.46. The van der Waals surface area contributed by atoms with Gasteiger partial charge in [0.15, 0.2) is 17.3 Å². The lowest BCUT2D eigenvalue weighted by Crippen LogP contribution is -2.58. The maximum absolute atomic E-state index is 14.6. The van der Waals surface area contributed by atoms with Crippen molar-refractivity contribution < 1.29 is 28.8 Å². The molecule has 1 aromatic rings. The van der Waals surface area contributed by atoms with E-state index < -0.39 is 35.1 Å². The van der Waals surface area contributed by atoms with Crippen LogP contribution in [0.1, 0.15) is 128 Å². The van der Waals surface area contributed by atoms with Gasteiger partial charge in [0.1, 0.15) is 11.7 Å². The number of nitrogens with one attached hydrogen (secondary N) is 1. The fraction of sp³-hybridized carbons (Fsp3) is 0.737. The van der Waals surface area contributed by atoms with E-state index in [1.54, 1.807) is 4.90 Å². The molecule has 10 heteroatoms. The molecule has 0 aromatic carbocycles. The average molecular weight is 663 g/mol. The molecule has 48 heavy (non-hydrogen) atoms. The molecular weight excluding hydrogens is 608 g/mol. The maximum atomic E-state index is 14.6. The summed E-state index contributed by atoms with van der Waals surface area (Å²) >= 11 is 0. The third-order valence-corrected chi connectivity index (χ3v) is 11.5. The summed E-state index contributed by atoms with van der Waals surface area (Å²) in [6, 6.07) is -1.60. The molecular formula is C38H54N4O6. The first kappa shape index (κ1) is 36.0. The Morgan fingerprint density at radius 3 is 2.27 bits per heavy atom. The number of Topliss-reactive ketones (excluding diaryl/α,β-unsaturated/α-hetero) is 4. The van der Waals surface area contributed by atoms with E-state index in [-0.39, 0.29) is 71.9 Å². The summed E-state index contributed by atoms with van der Waals surface area (Å²) in [5.74, 6) is -2.65. The SMILES string of the molecule is CC[C@H](CC(=O)[C@@H]1[C@H]2CCC[C@H]2CN1C(=O)[C@@H](NC(=O)C(CC(=O)c1cnccn1)C1CCCCC1)C(C)(C)C)C(=O)C(=O)CC1CC1. The molecule has 2 amide bonds. The second-order valence-corrected chi connectivity index (χ2v) is 16.0. The standard InChI is InChI=1S/C38H54N4O6/c1-5-24(34(46)32(45)18-23-14-15-23)19-31(44)33-27-13-9-12-26(27)22-42(33)37(48)35(38(2,3)4)41-36(47)28(25-10-7-6-8-11-25)20-30(43)29-21-39-16-17-40-29/h16-17,21,23-28,33,35H,5-15,18-20,22H2,1-4H3,(H,41,47)/t24-,26+,27+,28?,33+,35-/m1/s1. The zero-order valence-electron chi connectivity index (χ0n) is 29.2. The fourth-order valence-electron chi connectivity index (χ4n) is 8.46. The highest BCUT2D eigenvalue weighted by atomic mass is 16.2. The predicted molar refractivity (Wildman–Crippen MR) is 180 cm³/mol. The van der Waals surface area contributed by atoms with Crippen molar-refractivity contribution in [3.8, 4) is 0 Å². The van der Waals surface area contributed by atoms with Crippen LogP contribution in [-0.4, -0.2) is 68.4 Å². The minimum atomic E-state index is -0.916.